The first-order valence-electron chi connectivity index (χ1n) is 12.1. The highest BCUT2D eigenvalue weighted by molar-refractivity contribution is 7.99. The number of ether oxygens (including phenoxy) is 1. The maximum Gasteiger partial charge on any atom is 0.348 e. The molecule has 0 spiro atoms. The van der Waals surface area contributed by atoms with Crippen molar-refractivity contribution in [2.75, 3.05) is 38.6 Å². The number of nitrogens with zero attached hydrogens (tertiary/aromatic N) is 3. The molecular weight excluding hydrogens is 412 g/mol. The standard InChI is InChI=1S/C23H36N4O3S/c28-21(24-18-7-2-1-3-8-18)17-31-22-19-9-4-5-10-20(19)27(23(29)25-22)12-6-11-26-13-15-30-16-14-26/h18H,1-17H2,(H,24,28). The van der Waals surface area contributed by atoms with Crippen LogP contribution in [0, 0.1) is 0 Å². The zero-order valence-electron chi connectivity index (χ0n) is 18.6. The lowest BCUT2D eigenvalue weighted by Crippen LogP contribution is -2.38. The molecule has 0 atom stereocenters. The largest absolute Gasteiger partial charge is 0.379 e. The molecule has 0 radical (unpaired) electrons. The van der Waals surface area contributed by atoms with E-state index in [1.165, 1.54) is 36.6 Å². The molecule has 2 heterocycles. The maximum atomic E-state index is 12.9. The molecular formula is C23H36N4O3S. The van der Waals surface area contributed by atoms with Gasteiger partial charge in [-0.05, 0) is 44.9 Å². The van der Waals surface area contributed by atoms with E-state index in [1.54, 1.807) is 0 Å². The van der Waals surface area contributed by atoms with Gasteiger partial charge in [0.2, 0.25) is 5.91 Å². The van der Waals surface area contributed by atoms with Gasteiger partial charge in [-0.1, -0.05) is 31.0 Å². The van der Waals surface area contributed by atoms with E-state index < -0.39 is 0 Å². The molecule has 7 nitrogen and oxygen atoms in total. The molecule has 0 aromatic carbocycles. The highest BCUT2D eigenvalue weighted by Gasteiger charge is 2.22. The fourth-order valence-electron chi connectivity index (χ4n) is 5.03. The fourth-order valence-corrected chi connectivity index (χ4v) is 5.91. The van der Waals surface area contributed by atoms with Crippen LogP contribution in [0.15, 0.2) is 9.82 Å². The Hall–Kier alpha value is -1.38. The highest BCUT2D eigenvalue weighted by Crippen LogP contribution is 2.28. The van der Waals surface area contributed by atoms with E-state index in [1.807, 2.05) is 4.57 Å². The average molecular weight is 449 g/mol. The molecule has 1 saturated heterocycles. The number of aromatic nitrogens is 2. The van der Waals surface area contributed by atoms with Gasteiger partial charge in [-0.25, -0.2) is 4.79 Å². The average Bonchev–Trinajstić information content (AvgIpc) is 2.80. The third-order valence-corrected chi connectivity index (χ3v) is 7.74. The number of rotatable bonds is 8. The lowest BCUT2D eigenvalue weighted by molar-refractivity contribution is -0.119. The summed E-state index contributed by atoms with van der Waals surface area (Å²) < 4.78 is 7.32. The first-order valence-corrected chi connectivity index (χ1v) is 13.0. The molecule has 31 heavy (non-hydrogen) atoms. The second kappa shape index (κ2) is 11.5. The van der Waals surface area contributed by atoms with Crippen molar-refractivity contribution < 1.29 is 9.53 Å². The Bertz CT molecular complexity index is 801. The molecule has 8 heteroatoms. The Labute approximate surface area is 189 Å². The van der Waals surface area contributed by atoms with Crippen LogP contribution in [-0.4, -0.2) is 65.0 Å². The highest BCUT2D eigenvalue weighted by atomic mass is 32.2. The lowest BCUT2D eigenvalue weighted by atomic mass is 9.95. The molecule has 4 rings (SSSR count). The molecule has 1 N–H and O–H groups in total. The predicted octanol–water partition coefficient (Wildman–Crippen LogP) is 2.39. The van der Waals surface area contributed by atoms with Crippen molar-refractivity contribution in [2.24, 2.45) is 0 Å². The van der Waals surface area contributed by atoms with Gasteiger partial charge in [-0.3, -0.25) is 14.3 Å². The number of hydrogen-bond acceptors (Lipinski definition) is 6. The number of carbonyl (C=O) groups is 1. The van der Waals surface area contributed by atoms with Crippen molar-refractivity contribution in [1.82, 2.24) is 19.8 Å². The van der Waals surface area contributed by atoms with Crippen molar-refractivity contribution in [3.05, 3.63) is 21.7 Å². The molecule has 0 unspecified atom stereocenters. The Morgan fingerprint density at radius 3 is 2.65 bits per heavy atom. The van der Waals surface area contributed by atoms with Crippen molar-refractivity contribution in [2.45, 2.75) is 81.8 Å². The van der Waals surface area contributed by atoms with Gasteiger partial charge < -0.3 is 10.1 Å². The van der Waals surface area contributed by atoms with Crippen LogP contribution in [-0.2, 0) is 28.9 Å². The van der Waals surface area contributed by atoms with Gasteiger partial charge in [-0.2, -0.15) is 4.98 Å². The van der Waals surface area contributed by atoms with E-state index in [0.717, 1.165) is 95.1 Å². The lowest BCUT2D eigenvalue weighted by Gasteiger charge is -2.27. The zero-order valence-corrected chi connectivity index (χ0v) is 19.4. The number of morpholine rings is 1. The summed E-state index contributed by atoms with van der Waals surface area (Å²) in [6.07, 6.45) is 11.0. The minimum absolute atomic E-state index is 0.0675. The van der Waals surface area contributed by atoms with E-state index in [-0.39, 0.29) is 11.6 Å². The second-order valence-corrected chi connectivity index (χ2v) is 9.95. The number of fused-ring (bicyclic) bond motifs is 1. The van der Waals surface area contributed by atoms with Crippen molar-refractivity contribution in [3.8, 4) is 0 Å². The van der Waals surface area contributed by atoms with Gasteiger partial charge >= 0.3 is 5.69 Å². The molecule has 2 fully saturated rings. The van der Waals surface area contributed by atoms with Crippen LogP contribution < -0.4 is 11.0 Å². The second-order valence-electron chi connectivity index (χ2n) is 8.98. The molecule has 1 saturated carbocycles. The van der Waals surface area contributed by atoms with Gasteiger partial charge in [-0.15, -0.1) is 0 Å². The van der Waals surface area contributed by atoms with Crippen molar-refractivity contribution in [3.63, 3.8) is 0 Å². The zero-order chi connectivity index (χ0) is 21.5. The van der Waals surface area contributed by atoms with Crippen LogP contribution in [0.25, 0.3) is 0 Å². The third kappa shape index (κ3) is 6.33. The van der Waals surface area contributed by atoms with Crippen LogP contribution in [0.5, 0.6) is 0 Å². The molecule has 2 aliphatic carbocycles. The van der Waals surface area contributed by atoms with Crippen molar-refractivity contribution in [1.29, 1.82) is 0 Å². The molecule has 3 aliphatic rings. The topological polar surface area (TPSA) is 76.5 Å². The Morgan fingerprint density at radius 1 is 1.06 bits per heavy atom. The van der Waals surface area contributed by atoms with E-state index >= 15 is 0 Å². The Kier molecular flexibility index (Phi) is 8.44. The van der Waals surface area contributed by atoms with Gasteiger partial charge in [0, 0.05) is 43.5 Å². The van der Waals surface area contributed by atoms with Crippen LogP contribution in [0.4, 0.5) is 0 Å². The molecule has 1 amide bonds. The summed E-state index contributed by atoms with van der Waals surface area (Å²) >= 11 is 1.44. The summed E-state index contributed by atoms with van der Waals surface area (Å²) in [5.41, 5.74) is 2.20. The smallest absolute Gasteiger partial charge is 0.348 e. The summed E-state index contributed by atoms with van der Waals surface area (Å²) in [5.74, 6) is 0.411. The molecule has 1 aromatic heterocycles. The quantitative estimate of drug-likeness (QED) is 0.486. The van der Waals surface area contributed by atoms with E-state index in [2.05, 4.69) is 15.2 Å². The molecule has 1 aromatic rings. The van der Waals surface area contributed by atoms with Gasteiger partial charge in [0.05, 0.1) is 19.0 Å². The number of thioether (sulfide) groups is 1. The molecule has 1 aliphatic heterocycles. The Balaban J connectivity index is 1.37. The van der Waals surface area contributed by atoms with E-state index in [4.69, 9.17) is 4.74 Å². The normalized spacial score (nSPS) is 20.4. The summed E-state index contributed by atoms with van der Waals surface area (Å²) in [6, 6.07) is 0.322. The number of hydrogen-bond donors (Lipinski definition) is 1. The van der Waals surface area contributed by atoms with Crippen LogP contribution in [0.3, 0.4) is 0 Å². The minimum Gasteiger partial charge on any atom is -0.379 e. The van der Waals surface area contributed by atoms with Crippen LogP contribution >= 0.6 is 11.8 Å². The van der Waals surface area contributed by atoms with Crippen LogP contribution in [0.2, 0.25) is 0 Å². The molecule has 172 valence electrons. The minimum atomic E-state index is -0.155. The number of amides is 1. The summed E-state index contributed by atoms with van der Waals surface area (Å²) in [6.45, 7) is 5.27. The predicted molar refractivity (Wildman–Crippen MR) is 123 cm³/mol. The summed E-state index contributed by atoms with van der Waals surface area (Å²) in [5, 5.41) is 3.95. The van der Waals surface area contributed by atoms with Crippen molar-refractivity contribution >= 4 is 17.7 Å². The van der Waals surface area contributed by atoms with Crippen LogP contribution in [0.1, 0.15) is 62.6 Å². The maximum absolute atomic E-state index is 12.9. The number of carbonyl (C=O) groups excluding carboxylic acids is 1. The van der Waals surface area contributed by atoms with Gasteiger partial charge in [0.25, 0.3) is 0 Å². The SMILES string of the molecule is O=C(CSc1nc(=O)n(CCCN2CCOCC2)c2c1CCCC2)NC1CCCCC1. The van der Waals surface area contributed by atoms with Gasteiger partial charge in [0.1, 0.15) is 5.03 Å². The van der Waals surface area contributed by atoms with Gasteiger partial charge in [0.15, 0.2) is 0 Å². The third-order valence-electron chi connectivity index (χ3n) is 6.72. The first-order chi connectivity index (χ1) is 15.2. The summed E-state index contributed by atoms with van der Waals surface area (Å²) in [4.78, 5) is 32.1. The molecule has 0 bridgehead atoms. The van der Waals surface area contributed by atoms with E-state index in [9.17, 15) is 9.59 Å². The summed E-state index contributed by atoms with van der Waals surface area (Å²) in [7, 11) is 0. The van der Waals surface area contributed by atoms with E-state index in [0.29, 0.717) is 11.8 Å². The monoisotopic (exact) mass is 448 g/mol. The first kappa shape index (κ1) is 22.8. The Morgan fingerprint density at radius 2 is 1.84 bits per heavy atom. The number of nitrogens with one attached hydrogen (secondary N) is 1. The fraction of sp³-hybridized carbons (Fsp3) is 0.783.